The van der Waals surface area contributed by atoms with Crippen LogP contribution in [0, 0.1) is 13.8 Å². The van der Waals surface area contributed by atoms with E-state index in [1.54, 1.807) is 24.3 Å². The van der Waals surface area contributed by atoms with Gasteiger partial charge in [0.2, 0.25) is 0 Å². The van der Waals surface area contributed by atoms with Crippen LogP contribution in [0.1, 0.15) is 34.7 Å². The molecule has 0 radical (unpaired) electrons. The van der Waals surface area contributed by atoms with E-state index in [0.29, 0.717) is 23.1 Å². The van der Waals surface area contributed by atoms with Crippen LogP contribution in [0.2, 0.25) is 0 Å². The predicted octanol–water partition coefficient (Wildman–Crippen LogP) is 4.78. The van der Waals surface area contributed by atoms with Crippen molar-refractivity contribution in [2.75, 3.05) is 11.5 Å². The number of aliphatic hydroxyl groups excluding tert-OH is 1. The first-order valence-electron chi connectivity index (χ1n) is 9.95. The molecular weight excluding hydrogens is 412 g/mol. The number of ketones is 1. The van der Waals surface area contributed by atoms with E-state index in [1.165, 1.54) is 16.2 Å². The summed E-state index contributed by atoms with van der Waals surface area (Å²) in [4.78, 5) is 33.0. The molecule has 1 saturated heterocycles. The molecule has 158 valence electrons. The van der Waals surface area contributed by atoms with Gasteiger partial charge in [0.15, 0.2) is 5.13 Å². The topological polar surface area (TPSA) is 79.7 Å². The Kier molecular flexibility index (Phi) is 5.61. The molecule has 1 aliphatic rings. The van der Waals surface area contributed by atoms with Gasteiger partial charge in [0.25, 0.3) is 5.78 Å². The van der Waals surface area contributed by atoms with Crippen molar-refractivity contribution in [1.29, 1.82) is 0 Å². The van der Waals surface area contributed by atoms with Crippen molar-refractivity contribution >= 4 is 33.9 Å². The molecule has 1 aliphatic heterocycles. The second-order valence-electron chi connectivity index (χ2n) is 7.18. The lowest BCUT2D eigenvalue weighted by Crippen LogP contribution is -2.29. The molecule has 1 fully saturated rings. The molecule has 1 aromatic heterocycles. The van der Waals surface area contributed by atoms with E-state index in [0.717, 1.165) is 16.1 Å². The van der Waals surface area contributed by atoms with Crippen molar-refractivity contribution in [3.63, 3.8) is 0 Å². The number of benzene rings is 2. The Morgan fingerprint density at radius 3 is 2.35 bits per heavy atom. The average molecular weight is 435 g/mol. The lowest BCUT2D eigenvalue weighted by molar-refractivity contribution is -0.132. The zero-order valence-corrected chi connectivity index (χ0v) is 18.3. The number of aryl methyl sites for hydroxylation is 2. The van der Waals surface area contributed by atoms with Gasteiger partial charge in [-0.15, -0.1) is 11.3 Å². The standard InChI is InChI=1S/C24H22N2O4S/c1-4-30-18-12-10-17(11-13-18)21(27)19-20(16-8-6-5-7-9-16)26(23(29)22(19)28)24-25-14(2)15(3)31-24/h5-13,20,27H,4H2,1-3H3/t20-/m1/s1. The highest BCUT2D eigenvalue weighted by molar-refractivity contribution is 7.16. The van der Waals surface area contributed by atoms with Crippen LogP contribution in [0.25, 0.3) is 5.76 Å². The maximum absolute atomic E-state index is 13.1. The van der Waals surface area contributed by atoms with E-state index >= 15 is 0 Å². The van der Waals surface area contributed by atoms with E-state index < -0.39 is 17.7 Å². The number of hydrogen-bond donors (Lipinski definition) is 1. The van der Waals surface area contributed by atoms with Crippen LogP contribution in [-0.2, 0) is 9.59 Å². The van der Waals surface area contributed by atoms with Crippen molar-refractivity contribution in [1.82, 2.24) is 4.98 Å². The number of hydrogen-bond acceptors (Lipinski definition) is 6. The Balaban J connectivity index is 1.88. The van der Waals surface area contributed by atoms with Crippen LogP contribution < -0.4 is 9.64 Å². The van der Waals surface area contributed by atoms with Gasteiger partial charge in [-0.25, -0.2) is 4.98 Å². The number of Topliss-reactive ketones (excluding diaryl/α,β-unsaturated/α-hetero) is 1. The van der Waals surface area contributed by atoms with E-state index in [-0.39, 0.29) is 11.3 Å². The number of aliphatic hydroxyl groups is 1. The monoisotopic (exact) mass is 434 g/mol. The molecule has 6 nitrogen and oxygen atoms in total. The SMILES string of the molecule is CCOc1ccc(C(O)=C2C(=O)C(=O)N(c3nc(C)c(C)s3)[C@@H]2c2ccccc2)cc1. The van der Waals surface area contributed by atoms with Crippen molar-refractivity contribution in [2.24, 2.45) is 0 Å². The van der Waals surface area contributed by atoms with E-state index in [9.17, 15) is 14.7 Å². The minimum absolute atomic E-state index is 0.0471. The first-order valence-corrected chi connectivity index (χ1v) is 10.8. The van der Waals surface area contributed by atoms with Gasteiger partial charge in [-0.3, -0.25) is 14.5 Å². The molecule has 3 aromatic rings. The minimum Gasteiger partial charge on any atom is -0.507 e. The molecule has 1 amide bonds. The second-order valence-corrected chi connectivity index (χ2v) is 8.36. The fourth-order valence-electron chi connectivity index (χ4n) is 3.57. The highest BCUT2D eigenvalue weighted by Gasteiger charge is 2.48. The third-order valence-electron chi connectivity index (χ3n) is 5.22. The highest BCUT2D eigenvalue weighted by Crippen LogP contribution is 2.43. The van der Waals surface area contributed by atoms with Crippen molar-refractivity contribution < 1.29 is 19.4 Å². The summed E-state index contributed by atoms with van der Waals surface area (Å²) in [6.07, 6.45) is 0. The number of anilines is 1. The molecular formula is C24H22N2O4S. The molecule has 2 heterocycles. The molecule has 0 aliphatic carbocycles. The number of carbonyl (C=O) groups excluding carboxylic acids is 2. The van der Waals surface area contributed by atoms with Gasteiger partial charge in [-0.1, -0.05) is 30.3 Å². The highest BCUT2D eigenvalue weighted by atomic mass is 32.1. The molecule has 1 N–H and O–H groups in total. The lowest BCUT2D eigenvalue weighted by atomic mass is 9.95. The lowest BCUT2D eigenvalue weighted by Gasteiger charge is -2.23. The summed E-state index contributed by atoms with van der Waals surface area (Å²) in [5.74, 6) is -0.989. The predicted molar refractivity (Wildman–Crippen MR) is 120 cm³/mol. The Hall–Kier alpha value is -3.45. The first-order chi connectivity index (χ1) is 14.9. The Bertz CT molecular complexity index is 1150. The molecule has 31 heavy (non-hydrogen) atoms. The molecule has 0 saturated carbocycles. The molecule has 0 unspecified atom stereocenters. The average Bonchev–Trinajstić information content (AvgIpc) is 3.24. The summed E-state index contributed by atoms with van der Waals surface area (Å²) in [7, 11) is 0. The van der Waals surface area contributed by atoms with Gasteiger partial charge in [-0.2, -0.15) is 0 Å². The largest absolute Gasteiger partial charge is 0.507 e. The van der Waals surface area contributed by atoms with E-state index in [2.05, 4.69) is 4.98 Å². The van der Waals surface area contributed by atoms with Gasteiger partial charge in [0.1, 0.15) is 11.5 Å². The van der Waals surface area contributed by atoms with Gasteiger partial charge >= 0.3 is 5.91 Å². The summed E-state index contributed by atoms with van der Waals surface area (Å²) in [6.45, 7) is 6.20. The maximum atomic E-state index is 13.1. The zero-order valence-electron chi connectivity index (χ0n) is 17.5. The number of rotatable bonds is 5. The van der Waals surface area contributed by atoms with Gasteiger partial charge < -0.3 is 9.84 Å². The van der Waals surface area contributed by atoms with Crippen LogP contribution in [0.3, 0.4) is 0 Å². The third kappa shape index (κ3) is 3.72. The molecule has 4 rings (SSSR count). The van der Waals surface area contributed by atoms with Crippen LogP contribution >= 0.6 is 11.3 Å². The van der Waals surface area contributed by atoms with Crippen LogP contribution in [0.15, 0.2) is 60.2 Å². The molecule has 0 bridgehead atoms. The Labute approximate surface area is 184 Å². The van der Waals surface area contributed by atoms with Gasteiger partial charge in [0.05, 0.1) is 23.9 Å². The molecule has 1 atom stereocenters. The Morgan fingerprint density at radius 2 is 1.77 bits per heavy atom. The summed E-state index contributed by atoms with van der Waals surface area (Å²) in [5, 5.41) is 11.5. The quantitative estimate of drug-likeness (QED) is 0.355. The fourth-order valence-corrected chi connectivity index (χ4v) is 4.51. The number of amides is 1. The summed E-state index contributed by atoms with van der Waals surface area (Å²) in [6, 6.07) is 15.2. The van der Waals surface area contributed by atoms with Gasteiger partial charge in [-0.05, 0) is 50.6 Å². The fraction of sp³-hybridized carbons (Fsp3) is 0.208. The smallest absolute Gasteiger partial charge is 0.301 e. The first kappa shape index (κ1) is 20.8. The van der Waals surface area contributed by atoms with Crippen LogP contribution in [0.5, 0.6) is 5.75 Å². The third-order valence-corrected chi connectivity index (χ3v) is 6.29. The summed E-state index contributed by atoms with van der Waals surface area (Å²) < 4.78 is 5.45. The van der Waals surface area contributed by atoms with E-state index in [4.69, 9.17) is 4.74 Å². The maximum Gasteiger partial charge on any atom is 0.301 e. The number of thiazole rings is 1. The summed E-state index contributed by atoms with van der Waals surface area (Å²) >= 11 is 1.35. The number of carbonyl (C=O) groups is 2. The summed E-state index contributed by atoms with van der Waals surface area (Å²) in [5.41, 5.74) is 2.01. The number of ether oxygens (including phenoxy) is 1. The molecule has 0 spiro atoms. The Morgan fingerprint density at radius 1 is 1.10 bits per heavy atom. The normalized spacial score (nSPS) is 17.9. The molecule has 7 heteroatoms. The van der Waals surface area contributed by atoms with Crippen molar-refractivity contribution in [2.45, 2.75) is 26.8 Å². The van der Waals surface area contributed by atoms with Crippen molar-refractivity contribution in [3.8, 4) is 5.75 Å². The van der Waals surface area contributed by atoms with E-state index in [1.807, 2.05) is 51.1 Å². The van der Waals surface area contributed by atoms with Crippen LogP contribution in [-0.4, -0.2) is 28.4 Å². The van der Waals surface area contributed by atoms with Crippen molar-refractivity contribution in [3.05, 3.63) is 81.9 Å². The van der Waals surface area contributed by atoms with Crippen LogP contribution in [0.4, 0.5) is 5.13 Å². The second kappa shape index (κ2) is 8.35. The zero-order chi connectivity index (χ0) is 22.1. The number of nitrogens with zero attached hydrogens (tertiary/aromatic N) is 2. The number of aromatic nitrogens is 1. The molecule has 2 aromatic carbocycles. The minimum atomic E-state index is -0.766. The van der Waals surface area contributed by atoms with Gasteiger partial charge in [0, 0.05) is 10.4 Å².